The Morgan fingerprint density at radius 3 is 2.70 bits per heavy atom. The minimum atomic E-state index is -0.541. The first-order valence-electron chi connectivity index (χ1n) is 7.47. The number of ether oxygens (including phenoxy) is 1. The third-order valence-corrected chi connectivity index (χ3v) is 3.12. The lowest BCUT2D eigenvalue weighted by atomic mass is 10.1. The summed E-state index contributed by atoms with van der Waals surface area (Å²) in [6.45, 7) is 8.76. The highest BCUT2D eigenvalue weighted by molar-refractivity contribution is 5.84. The van der Waals surface area contributed by atoms with Crippen LogP contribution in [0.4, 0.5) is 10.6 Å². The maximum atomic E-state index is 11.8. The second-order valence-electron chi connectivity index (χ2n) is 6.30. The SMILES string of the molecule is Cc1ccncc1CNCc1cn[nH]c1NC(=O)OC(C)(C)C. The lowest BCUT2D eigenvalue weighted by Gasteiger charge is -2.19. The van der Waals surface area contributed by atoms with E-state index in [9.17, 15) is 4.79 Å². The van der Waals surface area contributed by atoms with Crippen molar-refractivity contribution in [3.63, 3.8) is 0 Å². The number of pyridine rings is 1. The predicted molar refractivity (Wildman–Crippen MR) is 88.0 cm³/mol. The van der Waals surface area contributed by atoms with Gasteiger partial charge in [0.25, 0.3) is 0 Å². The van der Waals surface area contributed by atoms with Gasteiger partial charge < -0.3 is 10.1 Å². The Hall–Kier alpha value is -2.41. The zero-order chi connectivity index (χ0) is 16.9. The molecule has 23 heavy (non-hydrogen) atoms. The number of hydrogen-bond acceptors (Lipinski definition) is 5. The van der Waals surface area contributed by atoms with Crippen molar-refractivity contribution in [3.8, 4) is 0 Å². The number of amides is 1. The van der Waals surface area contributed by atoms with Gasteiger partial charge in [-0.25, -0.2) is 4.79 Å². The summed E-state index contributed by atoms with van der Waals surface area (Å²) in [5, 5.41) is 12.7. The third kappa shape index (κ3) is 5.37. The van der Waals surface area contributed by atoms with Gasteiger partial charge in [-0.3, -0.25) is 15.4 Å². The summed E-state index contributed by atoms with van der Waals surface area (Å²) in [5.41, 5.74) is 2.64. The molecule has 0 aliphatic rings. The van der Waals surface area contributed by atoms with Crippen LogP contribution in [0.2, 0.25) is 0 Å². The summed E-state index contributed by atoms with van der Waals surface area (Å²) in [4.78, 5) is 15.9. The smallest absolute Gasteiger partial charge is 0.413 e. The molecule has 2 aromatic heterocycles. The molecular weight excluding hydrogens is 294 g/mol. The first-order chi connectivity index (χ1) is 10.8. The summed E-state index contributed by atoms with van der Waals surface area (Å²) < 4.78 is 5.23. The topological polar surface area (TPSA) is 91.9 Å². The van der Waals surface area contributed by atoms with Gasteiger partial charge in [0.15, 0.2) is 0 Å². The Morgan fingerprint density at radius 1 is 1.26 bits per heavy atom. The number of aromatic amines is 1. The minimum Gasteiger partial charge on any atom is -0.444 e. The first kappa shape index (κ1) is 17.0. The standard InChI is InChI=1S/C16H23N5O2/c1-11-5-6-17-7-12(11)8-18-9-13-10-19-21-14(13)20-15(22)23-16(2,3)4/h5-7,10,18H,8-9H2,1-4H3,(H2,19,20,21,22). The van der Waals surface area contributed by atoms with Crippen molar-refractivity contribution in [3.05, 3.63) is 41.3 Å². The second kappa shape index (κ2) is 7.23. The molecule has 0 bridgehead atoms. The predicted octanol–water partition coefficient (Wildman–Crippen LogP) is 2.75. The van der Waals surface area contributed by atoms with E-state index in [4.69, 9.17) is 4.74 Å². The normalized spacial score (nSPS) is 11.3. The summed E-state index contributed by atoms with van der Waals surface area (Å²) in [6, 6.07) is 1.98. The van der Waals surface area contributed by atoms with E-state index in [0.717, 1.165) is 11.1 Å². The first-order valence-corrected chi connectivity index (χ1v) is 7.47. The maximum absolute atomic E-state index is 11.8. The molecule has 2 aromatic rings. The Balaban J connectivity index is 1.89. The molecule has 0 unspecified atom stereocenters. The van der Waals surface area contributed by atoms with Gasteiger partial charge in [0, 0.05) is 31.0 Å². The van der Waals surface area contributed by atoms with Crippen LogP contribution in [0.15, 0.2) is 24.7 Å². The Bertz CT molecular complexity index is 660. The van der Waals surface area contributed by atoms with Crippen molar-refractivity contribution < 1.29 is 9.53 Å². The summed E-state index contributed by atoms with van der Waals surface area (Å²) in [6.07, 6.45) is 4.79. The number of anilines is 1. The molecular formula is C16H23N5O2. The molecule has 1 amide bonds. The molecule has 0 aliphatic carbocycles. The quantitative estimate of drug-likeness (QED) is 0.788. The van der Waals surface area contributed by atoms with Crippen LogP contribution in [0, 0.1) is 6.92 Å². The van der Waals surface area contributed by atoms with Gasteiger partial charge in [0.1, 0.15) is 11.4 Å². The number of aryl methyl sites for hydroxylation is 1. The van der Waals surface area contributed by atoms with Crippen LogP contribution in [-0.4, -0.2) is 26.9 Å². The van der Waals surface area contributed by atoms with Crippen molar-refractivity contribution in [2.45, 2.75) is 46.4 Å². The molecule has 0 fully saturated rings. The number of carbonyl (C=O) groups is 1. The van der Waals surface area contributed by atoms with Crippen LogP contribution in [0.3, 0.4) is 0 Å². The Morgan fingerprint density at radius 2 is 2.00 bits per heavy atom. The van der Waals surface area contributed by atoms with E-state index in [-0.39, 0.29) is 0 Å². The van der Waals surface area contributed by atoms with Crippen molar-refractivity contribution in [1.29, 1.82) is 0 Å². The van der Waals surface area contributed by atoms with Gasteiger partial charge >= 0.3 is 6.09 Å². The zero-order valence-electron chi connectivity index (χ0n) is 13.9. The highest BCUT2D eigenvalue weighted by atomic mass is 16.6. The highest BCUT2D eigenvalue weighted by Crippen LogP contribution is 2.14. The number of carbonyl (C=O) groups excluding carboxylic acids is 1. The maximum Gasteiger partial charge on any atom is 0.413 e. The number of nitrogens with one attached hydrogen (secondary N) is 3. The summed E-state index contributed by atoms with van der Waals surface area (Å²) in [7, 11) is 0. The van der Waals surface area contributed by atoms with E-state index in [1.165, 1.54) is 5.56 Å². The van der Waals surface area contributed by atoms with Gasteiger partial charge in [-0.15, -0.1) is 0 Å². The van der Waals surface area contributed by atoms with E-state index in [0.29, 0.717) is 18.9 Å². The van der Waals surface area contributed by atoms with Crippen molar-refractivity contribution in [2.75, 3.05) is 5.32 Å². The van der Waals surface area contributed by atoms with Crippen LogP contribution in [0.1, 0.15) is 37.5 Å². The van der Waals surface area contributed by atoms with Crippen LogP contribution in [-0.2, 0) is 17.8 Å². The Labute approximate surface area is 135 Å². The van der Waals surface area contributed by atoms with Gasteiger partial charge in [-0.2, -0.15) is 5.10 Å². The molecule has 2 heterocycles. The third-order valence-electron chi connectivity index (χ3n) is 3.12. The van der Waals surface area contributed by atoms with Gasteiger partial charge in [0.2, 0.25) is 0 Å². The fraction of sp³-hybridized carbons (Fsp3) is 0.438. The molecule has 0 aromatic carbocycles. The van der Waals surface area contributed by atoms with Crippen molar-refractivity contribution in [2.24, 2.45) is 0 Å². The molecule has 3 N–H and O–H groups in total. The van der Waals surface area contributed by atoms with Crippen LogP contribution in [0.25, 0.3) is 0 Å². The number of rotatable bonds is 5. The second-order valence-corrected chi connectivity index (χ2v) is 6.30. The van der Waals surface area contributed by atoms with E-state index >= 15 is 0 Å². The van der Waals surface area contributed by atoms with Crippen LogP contribution >= 0.6 is 0 Å². The van der Waals surface area contributed by atoms with Gasteiger partial charge in [0.05, 0.1) is 6.20 Å². The fourth-order valence-electron chi connectivity index (χ4n) is 1.97. The van der Waals surface area contributed by atoms with Crippen LogP contribution < -0.4 is 10.6 Å². The van der Waals surface area contributed by atoms with E-state index < -0.39 is 11.7 Å². The zero-order valence-corrected chi connectivity index (χ0v) is 13.9. The molecule has 0 aliphatic heterocycles. The van der Waals surface area contributed by atoms with Crippen molar-refractivity contribution in [1.82, 2.24) is 20.5 Å². The van der Waals surface area contributed by atoms with Gasteiger partial charge in [-0.05, 0) is 44.9 Å². The number of H-pyrrole nitrogens is 1. The molecule has 0 spiro atoms. The largest absolute Gasteiger partial charge is 0.444 e. The molecule has 0 saturated carbocycles. The molecule has 7 heteroatoms. The van der Waals surface area contributed by atoms with Crippen LogP contribution in [0.5, 0.6) is 0 Å². The number of hydrogen-bond donors (Lipinski definition) is 3. The fourth-order valence-corrected chi connectivity index (χ4v) is 1.97. The average molecular weight is 317 g/mol. The molecule has 7 nitrogen and oxygen atoms in total. The monoisotopic (exact) mass is 317 g/mol. The number of nitrogens with zero attached hydrogens (tertiary/aromatic N) is 2. The molecule has 0 atom stereocenters. The molecule has 0 saturated heterocycles. The van der Waals surface area contributed by atoms with Crippen molar-refractivity contribution >= 4 is 11.9 Å². The summed E-state index contributed by atoms with van der Waals surface area (Å²) in [5.74, 6) is 0.537. The minimum absolute atomic E-state index is 0.508. The van der Waals surface area contributed by atoms with E-state index in [2.05, 4.69) is 25.8 Å². The average Bonchev–Trinajstić information content (AvgIpc) is 2.86. The lowest BCUT2D eigenvalue weighted by molar-refractivity contribution is 0.0635. The Kier molecular flexibility index (Phi) is 5.33. The molecule has 124 valence electrons. The highest BCUT2D eigenvalue weighted by Gasteiger charge is 2.17. The molecule has 2 rings (SSSR count). The molecule has 0 radical (unpaired) electrons. The summed E-state index contributed by atoms with van der Waals surface area (Å²) >= 11 is 0. The number of aromatic nitrogens is 3. The van der Waals surface area contributed by atoms with E-state index in [1.807, 2.05) is 40.0 Å². The van der Waals surface area contributed by atoms with Gasteiger partial charge in [-0.1, -0.05) is 0 Å². The lowest BCUT2D eigenvalue weighted by Crippen LogP contribution is -2.27. The van der Waals surface area contributed by atoms with E-state index in [1.54, 1.807) is 12.4 Å².